The molecule has 1 fully saturated rings. The second kappa shape index (κ2) is 9.48. The Kier molecular flexibility index (Phi) is 6.50. The average Bonchev–Trinajstić information content (AvgIpc) is 3.44. The second-order valence-corrected chi connectivity index (χ2v) is 7.83. The summed E-state index contributed by atoms with van der Waals surface area (Å²) in [5.74, 6) is 2.36. The molecule has 4 rings (SSSR count). The minimum Gasteiger partial charge on any atom is -0.495 e. The van der Waals surface area contributed by atoms with Crippen LogP contribution in [0.15, 0.2) is 40.9 Å². The number of rotatable bonds is 8. The van der Waals surface area contributed by atoms with Gasteiger partial charge in [-0.1, -0.05) is 23.7 Å². The van der Waals surface area contributed by atoms with Gasteiger partial charge in [0.05, 0.1) is 32.4 Å². The van der Waals surface area contributed by atoms with Crippen LogP contribution < -0.4 is 19.1 Å². The lowest BCUT2D eigenvalue weighted by Gasteiger charge is -2.19. The van der Waals surface area contributed by atoms with E-state index in [0.717, 1.165) is 12.0 Å². The smallest absolute Gasteiger partial charge is 0.232 e. The summed E-state index contributed by atoms with van der Waals surface area (Å²) in [6, 6.07) is 10.7. The molecule has 2 aromatic carbocycles. The van der Waals surface area contributed by atoms with Crippen molar-refractivity contribution in [3.63, 3.8) is 0 Å². The van der Waals surface area contributed by atoms with E-state index in [-0.39, 0.29) is 18.2 Å². The molecule has 1 aliphatic rings. The number of carbonyl (C=O) groups excluding carboxylic acids is 1. The van der Waals surface area contributed by atoms with E-state index in [1.54, 1.807) is 37.3 Å². The molecule has 1 atom stereocenters. The van der Waals surface area contributed by atoms with Crippen molar-refractivity contribution in [1.29, 1.82) is 0 Å². The van der Waals surface area contributed by atoms with E-state index >= 15 is 0 Å². The van der Waals surface area contributed by atoms with Crippen molar-refractivity contribution in [3.05, 3.63) is 47.3 Å². The Labute approximate surface area is 191 Å². The zero-order chi connectivity index (χ0) is 22.7. The van der Waals surface area contributed by atoms with E-state index < -0.39 is 0 Å². The number of hydrogen-bond acceptors (Lipinski definition) is 7. The Morgan fingerprint density at radius 3 is 2.66 bits per heavy atom. The molecule has 0 N–H and O–H groups in total. The summed E-state index contributed by atoms with van der Waals surface area (Å²) < 4.78 is 22.0. The highest BCUT2D eigenvalue weighted by atomic mass is 35.5. The Hall–Kier alpha value is -3.26. The molecule has 0 radical (unpaired) electrons. The summed E-state index contributed by atoms with van der Waals surface area (Å²) in [6.45, 7) is 3.04. The minimum atomic E-state index is -0.235. The van der Waals surface area contributed by atoms with E-state index in [0.29, 0.717) is 52.8 Å². The van der Waals surface area contributed by atoms with Gasteiger partial charge in [0.1, 0.15) is 5.75 Å². The van der Waals surface area contributed by atoms with Gasteiger partial charge in [0.25, 0.3) is 0 Å². The molecule has 0 aliphatic carbocycles. The Morgan fingerprint density at radius 1 is 1.12 bits per heavy atom. The van der Waals surface area contributed by atoms with E-state index in [1.165, 1.54) is 0 Å². The van der Waals surface area contributed by atoms with Gasteiger partial charge in [0.15, 0.2) is 11.5 Å². The van der Waals surface area contributed by atoms with Crippen molar-refractivity contribution in [2.75, 3.05) is 32.3 Å². The number of anilines is 1. The van der Waals surface area contributed by atoms with Crippen LogP contribution in [0, 0.1) is 0 Å². The van der Waals surface area contributed by atoms with Crippen LogP contribution in [0.2, 0.25) is 5.02 Å². The highest BCUT2D eigenvalue weighted by molar-refractivity contribution is 6.31. The highest BCUT2D eigenvalue weighted by Crippen LogP contribution is 2.38. The molecule has 8 nitrogen and oxygen atoms in total. The van der Waals surface area contributed by atoms with Gasteiger partial charge in [0.2, 0.25) is 17.6 Å². The standard InChI is InChI=1S/C23H24ClN3O5/c1-4-9-31-19-7-5-14(10-20(19)30-3)22-25-23(32-26-22)15-11-21(28)27(13-15)17-12-16(24)6-8-18(17)29-2/h5-8,10,12,15H,4,9,11,13H2,1-3H3. The molecule has 1 saturated heterocycles. The summed E-state index contributed by atoms with van der Waals surface area (Å²) >= 11 is 6.13. The van der Waals surface area contributed by atoms with Gasteiger partial charge in [-0.05, 0) is 42.8 Å². The summed E-state index contributed by atoms with van der Waals surface area (Å²) in [7, 11) is 3.14. The van der Waals surface area contributed by atoms with Crippen LogP contribution in [-0.2, 0) is 4.79 Å². The molecular formula is C23H24ClN3O5. The molecular weight excluding hydrogens is 434 g/mol. The first kappa shape index (κ1) is 22.0. The lowest BCUT2D eigenvalue weighted by atomic mass is 10.1. The molecule has 0 spiro atoms. The van der Waals surface area contributed by atoms with Gasteiger partial charge in [0, 0.05) is 23.6 Å². The molecule has 1 aromatic heterocycles. The van der Waals surface area contributed by atoms with Gasteiger partial charge >= 0.3 is 0 Å². The molecule has 32 heavy (non-hydrogen) atoms. The molecule has 1 aliphatic heterocycles. The van der Waals surface area contributed by atoms with Crippen LogP contribution in [0.25, 0.3) is 11.4 Å². The molecule has 2 heterocycles. The van der Waals surface area contributed by atoms with Crippen molar-refractivity contribution in [3.8, 4) is 28.6 Å². The lowest BCUT2D eigenvalue weighted by Crippen LogP contribution is -2.24. The van der Waals surface area contributed by atoms with Gasteiger partial charge in [-0.25, -0.2) is 0 Å². The number of carbonyl (C=O) groups is 1. The number of nitrogens with zero attached hydrogens (tertiary/aromatic N) is 3. The fourth-order valence-electron chi connectivity index (χ4n) is 3.64. The topological polar surface area (TPSA) is 86.9 Å². The number of methoxy groups -OCH3 is 2. The van der Waals surface area contributed by atoms with E-state index in [4.69, 9.17) is 30.3 Å². The summed E-state index contributed by atoms with van der Waals surface area (Å²) in [4.78, 5) is 18.9. The average molecular weight is 458 g/mol. The summed E-state index contributed by atoms with van der Waals surface area (Å²) in [6.07, 6.45) is 1.15. The minimum absolute atomic E-state index is 0.0607. The van der Waals surface area contributed by atoms with Gasteiger partial charge in [-0.15, -0.1) is 0 Å². The molecule has 0 bridgehead atoms. The SMILES string of the molecule is CCCOc1ccc(-c2noc(C3CC(=O)N(c4cc(Cl)ccc4OC)C3)n2)cc1OC. The first-order valence-electron chi connectivity index (χ1n) is 10.3. The van der Waals surface area contributed by atoms with Crippen LogP contribution in [0.4, 0.5) is 5.69 Å². The van der Waals surface area contributed by atoms with Crippen LogP contribution in [0.1, 0.15) is 31.6 Å². The van der Waals surface area contributed by atoms with Crippen LogP contribution in [0.5, 0.6) is 17.2 Å². The van der Waals surface area contributed by atoms with Crippen molar-refractivity contribution >= 4 is 23.2 Å². The van der Waals surface area contributed by atoms with Crippen molar-refractivity contribution in [1.82, 2.24) is 10.1 Å². The van der Waals surface area contributed by atoms with E-state index in [2.05, 4.69) is 10.1 Å². The summed E-state index contributed by atoms with van der Waals surface area (Å²) in [5, 5.41) is 4.64. The van der Waals surface area contributed by atoms with Crippen molar-refractivity contribution < 1.29 is 23.5 Å². The third-order valence-corrected chi connectivity index (χ3v) is 5.47. The van der Waals surface area contributed by atoms with Crippen LogP contribution >= 0.6 is 11.6 Å². The predicted octanol–water partition coefficient (Wildman–Crippen LogP) is 4.72. The second-order valence-electron chi connectivity index (χ2n) is 7.39. The number of hydrogen-bond donors (Lipinski definition) is 0. The molecule has 3 aromatic rings. The van der Waals surface area contributed by atoms with Crippen molar-refractivity contribution in [2.45, 2.75) is 25.7 Å². The third-order valence-electron chi connectivity index (χ3n) is 5.23. The fraction of sp³-hybridized carbons (Fsp3) is 0.348. The van der Waals surface area contributed by atoms with Gasteiger partial charge in [-0.3, -0.25) is 4.79 Å². The predicted molar refractivity (Wildman–Crippen MR) is 120 cm³/mol. The number of amides is 1. The first-order chi connectivity index (χ1) is 15.5. The van der Waals surface area contributed by atoms with Gasteiger partial charge < -0.3 is 23.6 Å². The Bertz CT molecular complexity index is 1120. The Balaban J connectivity index is 1.55. The molecule has 1 amide bonds. The maximum absolute atomic E-state index is 12.7. The van der Waals surface area contributed by atoms with Crippen LogP contribution in [0.3, 0.4) is 0 Å². The largest absolute Gasteiger partial charge is 0.495 e. The number of benzene rings is 2. The summed E-state index contributed by atoms with van der Waals surface area (Å²) in [5.41, 5.74) is 1.36. The Morgan fingerprint density at radius 2 is 1.91 bits per heavy atom. The van der Waals surface area contributed by atoms with E-state index in [9.17, 15) is 4.79 Å². The zero-order valence-electron chi connectivity index (χ0n) is 18.1. The maximum Gasteiger partial charge on any atom is 0.232 e. The number of halogens is 1. The zero-order valence-corrected chi connectivity index (χ0v) is 18.9. The van der Waals surface area contributed by atoms with Gasteiger partial charge in [-0.2, -0.15) is 4.98 Å². The molecule has 1 unspecified atom stereocenters. The first-order valence-corrected chi connectivity index (χ1v) is 10.7. The fourth-order valence-corrected chi connectivity index (χ4v) is 3.80. The number of ether oxygens (including phenoxy) is 3. The maximum atomic E-state index is 12.7. The lowest BCUT2D eigenvalue weighted by molar-refractivity contribution is -0.117. The van der Waals surface area contributed by atoms with Crippen LogP contribution in [-0.4, -0.2) is 43.4 Å². The quantitative estimate of drug-likeness (QED) is 0.483. The molecule has 9 heteroatoms. The van der Waals surface area contributed by atoms with Crippen molar-refractivity contribution in [2.24, 2.45) is 0 Å². The monoisotopic (exact) mass is 457 g/mol. The van der Waals surface area contributed by atoms with E-state index in [1.807, 2.05) is 25.1 Å². The number of aromatic nitrogens is 2. The normalized spacial score (nSPS) is 15.8. The molecule has 0 saturated carbocycles. The molecule has 168 valence electrons. The highest BCUT2D eigenvalue weighted by Gasteiger charge is 2.36. The third kappa shape index (κ3) is 4.36.